The molecule has 0 aromatic heterocycles. The molecule has 1 atom stereocenters. The van der Waals surface area contributed by atoms with E-state index in [1.54, 1.807) is 11.9 Å². The van der Waals surface area contributed by atoms with Gasteiger partial charge in [0, 0.05) is 13.6 Å². The molecule has 2 N–H and O–H groups in total. The van der Waals surface area contributed by atoms with E-state index >= 15 is 0 Å². The van der Waals surface area contributed by atoms with Crippen LogP contribution < -0.4 is 5.32 Å². The van der Waals surface area contributed by atoms with Gasteiger partial charge in [-0.3, -0.25) is 4.79 Å². The summed E-state index contributed by atoms with van der Waals surface area (Å²) in [6.07, 6.45) is 3.59. The Bertz CT molecular complexity index is 251. The second kappa shape index (κ2) is 5.00. The Labute approximate surface area is 89.4 Å². The predicted molar refractivity (Wildman–Crippen MR) is 55.6 cm³/mol. The molecule has 0 radical (unpaired) electrons. The first-order valence-corrected chi connectivity index (χ1v) is 5.25. The lowest BCUT2D eigenvalue weighted by Gasteiger charge is -2.30. The molecule has 0 aliphatic heterocycles. The van der Waals surface area contributed by atoms with Crippen LogP contribution in [0.1, 0.15) is 26.2 Å². The number of amides is 2. The predicted octanol–water partition coefficient (Wildman–Crippen LogP) is 0.901. The minimum atomic E-state index is -1.01. The Hall–Kier alpha value is -1.26. The number of hydrogen-bond donors (Lipinski definition) is 2. The molecule has 15 heavy (non-hydrogen) atoms. The molecule has 1 fully saturated rings. The van der Waals surface area contributed by atoms with Crippen molar-refractivity contribution < 1.29 is 14.7 Å². The molecule has 5 nitrogen and oxygen atoms in total. The molecule has 1 aliphatic carbocycles. The first-order chi connectivity index (χ1) is 7.00. The molecule has 5 heteroatoms. The van der Waals surface area contributed by atoms with E-state index < -0.39 is 12.0 Å². The third-order valence-corrected chi connectivity index (χ3v) is 2.81. The van der Waals surface area contributed by atoms with Crippen LogP contribution >= 0.6 is 0 Å². The van der Waals surface area contributed by atoms with E-state index in [0.717, 1.165) is 6.54 Å². The lowest BCUT2D eigenvalue weighted by atomic mass is 9.85. The number of aliphatic carboxylic acids is 1. The fraction of sp³-hybridized carbons (Fsp3) is 0.800. The van der Waals surface area contributed by atoms with E-state index in [0.29, 0.717) is 5.92 Å². The van der Waals surface area contributed by atoms with Crippen LogP contribution in [0.2, 0.25) is 0 Å². The quantitative estimate of drug-likeness (QED) is 0.730. The van der Waals surface area contributed by atoms with E-state index in [2.05, 4.69) is 5.32 Å². The first-order valence-electron chi connectivity index (χ1n) is 5.25. The van der Waals surface area contributed by atoms with E-state index in [-0.39, 0.29) is 6.03 Å². The molecule has 0 heterocycles. The van der Waals surface area contributed by atoms with Crippen LogP contribution in [0.4, 0.5) is 4.79 Å². The highest BCUT2D eigenvalue weighted by molar-refractivity contribution is 5.82. The van der Waals surface area contributed by atoms with Gasteiger partial charge in [-0.15, -0.1) is 0 Å². The number of carbonyl (C=O) groups is 2. The van der Waals surface area contributed by atoms with Crippen LogP contribution in [0.15, 0.2) is 0 Å². The second-order valence-corrected chi connectivity index (χ2v) is 4.19. The zero-order valence-electron chi connectivity index (χ0n) is 9.19. The summed E-state index contributed by atoms with van der Waals surface area (Å²) in [6.45, 7) is 2.18. The lowest BCUT2D eigenvalue weighted by molar-refractivity contribution is -0.138. The molecular weight excluding hydrogens is 196 g/mol. The number of rotatable bonds is 4. The Morgan fingerprint density at radius 1 is 1.53 bits per heavy atom. The van der Waals surface area contributed by atoms with Crippen molar-refractivity contribution in [1.82, 2.24) is 10.2 Å². The molecule has 1 saturated carbocycles. The van der Waals surface area contributed by atoms with Crippen LogP contribution in [0.3, 0.4) is 0 Å². The zero-order valence-corrected chi connectivity index (χ0v) is 9.19. The third kappa shape index (κ3) is 3.42. The summed E-state index contributed by atoms with van der Waals surface area (Å²) in [4.78, 5) is 23.6. The highest BCUT2D eigenvalue weighted by Crippen LogP contribution is 2.26. The Balaban J connectivity index is 2.28. The van der Waals surface area contributed by atoms with Crippen LogP contribution in [0.5, 0.6) is 0 Å². The highest BCUT2D eigenvalue weighted by atomic mass is 16.4. The topological polar surface area (TPSA) is 69.6 Å². The van der Waals surface area contributed by atoms with Crippen molar-refractivity contribution in [3.63, 3.8) is 0 Å². The molecule has 0 spiro atoms. The number of nitrogens with one attached hydrogen (secondary N) is 1. The minimum absolute atomic E-state index is 0.309. The van der Waals surface area contributed by atoms with E-state index in [1.165, 1.54) is 26.2 Å². The molecule has 0 bridgehead atoms. The Morgan fingerprint density at radius 3 is 2.53 bits per heavy atom. The van der Waals surface area contributed by atoms with Crippen LogP contribution in [0, 0.1) is 5.92 Å². The van der Waals surface area contributed by atoms with Crippen molar-refractivity contribution >= 4 is 12.0 Å². The largest absolute Gasteiger partial charge is 0.480 e. The van der Waals surface area contributed by atoms with Gasteiger partial charge in [0.05, 0.1) is 0 Å². The summed E-state index contributed by atoms with van der Waals surface area (Å²) in [7, 11) is 1.70. The molecule has 1 aliphatic rings. The average molecular weight is 214 g/mol. The average Bonchev–Trinajstić information content (AvgIpc) is 2.10. The summed E-state index contributed by atoms with van der Waals surface area (Å²) in [5, 5.41) is 11.0. The Kier molecular flexibility index (Phi) is 3.94. The van der Waals surface area contributed by atoms with Gasteiger partial charge in [0.25, 0.3) is 0 Å². The molecule has 2 amide bonds. The third-order valence-electron chi connectivity index (χ3n) is 2.81. The SMILES string of the molecule is C[C@@H](NC(=O)N(C)CC1CCC1)C(=O)O. The number of carbonyl (C=O) groups excluding carboxylic acids is 1. The second-order valence-electron chi connectivity index (χ2n) is 4.19. The summed E-state index contributed by atoms with van der Waals surface area (Å²) in [6, 6.07) is -1.14. The van der Waals surface area contributed by atoms with Crippen molar-refractivity contribution in [2.24, 2.45) is 5.92 Å². The number of hydrogen-bond acceptors (Lipinski definition) is 2. The number of carboxylic acid groups (broad SMARTS) is 1. The molecule has 0 aromatic rings. The van der Waals surface area contributed by atoms with Crippen molar-refractivity contribution in [2.75, 3.05) is 13.6 Å². The van der Waals surface area contributed by atoms with Crippen LogP contribution in [-0.4, -0.2) is 41.6 Å². The minimum Gasteiger partial charge on any atom is -0.480 e. The van der Waals surface area contributed by atoms with Crippen molar-refractivity contribution in [3.8, 4) is 0 Å². The first kappa shape index (κ1) is 11.8. The molecule has 0 saturated heterocycles. The fourth-order valence-electron chi connectivity index (χ4n) is 1.50. The number of carboxylic acids is 1. The fourth-order valence-corrected chi connectivity index (χ4v) is 1.50. The van der Waals surface area contributed by atoms with Gasteiger partial charge < -0.3 is 15.3 Å². The van der Waals surface area contributed by atoms with Gasteiger partial charge >= 0.3 is 12.0 Å². The van der Waals surface area contributed by atoms with Gasteiger partial charge in [0.2, 0.25) is 0 Å². The monoisotopic (exact) mass is 214 g/mol. The Morgan fingerprint density at radius 2 is 2.13 bits per heavy atom. The zero-order chi connectivity index (χ0) is 11.4. The van der Waals surface area contributed by atoms with Gasteiger partial charge in [-0.25, -0.2) is 4.79 Å². The molecule has 0 aromatic carbocycles. The van der Waals surface area contributed by atoms with Gasteiger partial charge in [0.1, 0.15) is 6.04 Å². The van der Waals surface area contributed by atoms with E-state index in [9.17, 15) is 9.59 Å². The summed E-state index contributed by atoms with van der Waals surface area (Å²) in [5.74, 6) is -0.415. The molecule has 86 valence electrons. The standard InChI is InChI=1S/C10H18N2O3/c1-7(9(13)14)11-10(15)12(2)6-8-4-3-5-8/h7-8H,3-6H2,1-2H3,(H,11,15)(H,13,14)/t7-/m1/s1. The number of urea groups is 1. The summed E-state index contributed by atoms with van der Waals surface area (Å²) in [5.41, 5.74) is 0. The van der Waals surface area contributed by atoms with Crippen LogP contribution in [-0.2, 0) is 4.79 Å². The maximum absolute atomic E-state index is 11.5. The number of nitrogens with zero attached hydrogens (tertiary/aromatic N) is 1. The van der Waals surface area contributed by atoms with Gasteiger partial charge in [0.15, 0.2) is 0 Å². The van der Waals surface area contributed by atoms with Gasteiger partial charge in [-0.05, 0) is 25.7 Å². The van der Waals surface area contributed by atoms with Gasteiger partial charge in [-0.1, -0.05) is 6.42 Å². The summed E-state index contributed by atoms with van der Waals surface area (Å²) >= 11 is 0. The maximum Gasteiger partial charge on any atom is 0.325 e. The van der Waals surface area contributed by atoms with Crippen molar-refractivity contribution in [2.45, 2.75) is 32.2 Å². The smallest absolute Gasteiger partial charge is 0.325 e. The normalized spacial score (nSPS) is 17.7. The van der Waals surface area contributed by atoms with Gasteiger partial charge in [-0.2, -0.15) is 0 Å². The van der Waals surface area contributed by atoms with Crippen molar-refractivity contribution in [3.05, 3.63) is 0 Å². The molecule has 1 rings (SSSR count). The maximum atomic E-state index is 11.5. The summed E-state index contributed by atoms with van der Waals surface area (Å²) < 4.78 is 0. The molecular formula is C10H18N2O3. The van der Waals surface area contributed by atoms with E-state index in [1.807, 2.05) is 0 Å². The van der Waals surface area contributed by atoms with E-state index in [4.69, 9.17) is 5.11 Å². The molecule has 0 unspecified atom stereocenters. The highest BCUT2D eigenvalue weighted by Gasteiger charge is 2.22. The van der Waals surface area contributed by atoms with Crippen LogP contribution in [0.25, 0.3) is 0 Å². The van der Waals surface area contributed by atoms with Crippen molar-refractivity contribution in [1.29, 1.82) is 0 Å². The lowest BCUT2D eigenvalue weighted by Crippen LogP contribution is -2.46.